The van der Waals surface area contributed by atoms with E-state index in [2.05, 4.69) is 13.9 Å². The summed E-state index contributed by atoms with van der Waals surface area (Å²) in [6, 6.07) is 0. The van der Waals surface area contributed by atoms with Crippen LogP contribution in [0.4, 0.5) is 0 Å². The molecule has 0 aromatic carbocycles. The standard InChI is InChI=1S/C7H13BO/c8-4-1-7-2-5-9-6-3-7/h1H,2-6,8H2. The van der Waals surface area contributed by atoms with Gasteiger partial charge in [-0.2, -0.15) is 0 Å². The number of hydrogen-bond acceptors (Lipinski definition) is 1. The van der Waals surface area contributed by atoms with Gasteiger partial charge in [-0.3, -0.25) is 0 Å². The van der Waals surface area contributed by atoms with Gasteiger partial charge in [0.1, 0.15) is 7.85 Å². The molecule has 1 fully saturated rings. The molecule has 1 rings (SSSR count). The predicted molar refractivity (Wildman–Crippen MR) is 41.5 cm³/mol. The molecule has 0 saturated carbocycles. The average Bonchev–Trinajstić information content (AvgIpc) is 1.91. The van der Waals surface area contributed by atoms with Gasteiger partial charge in [0, 0.05) is 0 Å². The quantitative estimate of drug-likeness (QED) is 0.370. The van der Waals surface area contributed by atoms with Crippen LogP contribution in [0, 0.1) is 0 Å². The molecule has 1 saturated heterocycles. The highest BCUT2D eigenvalue weighted by Gasteiger charge is 2.02. The average molecular weight is 124 g/mol. The predicted octanol–water partition coefficient (Wildman–Crippen LogP) is 0.775. The van der Waals surface area contributed by atoms with E-state index < -0.39 is 0 Å². The summed E-state index contributed by atoms with van der Waals surface area (Å²) in [5.41, 5.74) is 1.59. The summed E-state index contributed by atoms with van der Waals surface area (Å²) in [4.78, 5) is 0. The van der Waals surface area contributed by atoms with E-state index in [1.807, 2.05) is 0 Å². The van der Waals surface area contributed by atoms with E-state index >= 15 is 0 Å². The van der Waals surface area contributed by atoms with Crippen molar-refractivity contribution in [2.45, 2.75) is 19.2 Å². The monoisotopic (exact) mass is 124 g/mol. The minimum absolute atomic E-state index is 0.936. The molecule has 0 atom stereocenters. The summed E-state index contributed by atoms with van der Waals surface area (Å²) in [6.45, 7) is 1.87. The smallest absolute Gasteiger partial charge is 0.106 e. The van der Waals surface area contributed by atoms with Crippen molar-refractivity contribution in [3.05, 3.63) is 11.6 Å². The normalized spacial score (nSPS) is 19.8. The molecule has 1 nitrogen and oxygen atoms in total. The second kappa shape index (κ2) is 3.73. The molecule has 50 valence electrons. The van der Waals surface area contributed by atoms with E-state index in [1.165, 1.54) is 6.32 Å². The van der Waals surface area contributed by atoms with Crippen molar-refractivity contribution in [3.8, 4) is 0 Å². The lowest BCUT2D eigenvalue weighted by Crippen LogP contribution is -2.06. The first-order valence-corrected chi connectivity index (χ1v) is 3.69. The highest BCUT2D eigenvalue weighted by Crippen LogP contribution is 2.12. The number of rotatable bonds is 1. The zero-order valence-corrected chi connectivity index (χ0v) is 6.02. The van der Waals surface area contributed by atoms with Crippen molar-refractivity contribution in [2.75, 3.05) is 13.2 Å². The zero-order valence-electron chi connectivity index (χ0n) is 6.02. The third kappa shape index (κ3) is 2.23. The Morgan fingerprint density at radius 3 is 2.67 bits per heavy atom. The van der Waals surface area contributed by atoms with E-state index in [4.69, 9.17) is 4.74 Å². The maximum absolute atomic E-state index is 5.21. The zero-order chi connectivity index (χ0) is 6.53. The van der Waals surface area contributed by atoms with Crippen molar-refractivity contribution in [1.29, 1.82) is 0 Å². The van der Waals surface area contributed by atoms with Gasteiger partial charge in [0.05, 0.1) is 13.2 Å². The van der Waals surface area contributed by atoms with Crippen LogP contribution in [0.5, 0.6) is 0 Å². The fourth-order valence-corrected chi connectivity index (χ4v) is 1.13. The van der Waals surface area contributed by atoms with Crippen molar-refractivity contribution >= 4 is 7.85 Å². The SMILES string of the molecule is BCC=C1CCOCC1. The van der Waals surface area contributed by atoms with Crippen LogP contribution < -0.4 is 0 Å². The molecule has 0 spiro atoms. The first kappa shape index (κ1) is 6.88. The van der Waals surface area contributed by atoms with Crippen molar-refractivity contribution in [3.63, 3.8) is 0 Å². The van der Waals surface area contributed by atoms with Gasteiger partial charge in [-0.15, -0.1) is 0 Å². The van der Waals surface area contributed by atoms with Crippen LogP contribution in [0.15, 0.2) is 11.6 Å². The molecular formula is C7H13BO. The molecular weight excluding hydrogens is 111 g/mol. The molecule has 0 radical (unpaired) electrons. The third-order valence-electron chi connectivity index (χ3n) is 1.63. The van der Waals surface area contributed by atoms with Crippen LogP contribution in [0.3, 0.4) is 0 Å². The molecule has 0 aliphatic carbocycles. The first-order chi connectivity index (χ1) is 4.43. The largest absolute Gasteiger partial charge is 0.381 e. The molecule has 1 aliphatic rings. The van der Waals surface area contributed by atoms with E-state index in [0.717, 1.165) is 26.1 Å². The Balaban J connectivity index is 2.30. The van der Waals surface area contributed by atoms with Crippen LogP contribution in [-0.4, -0.2) is 21.1 Å². The van der Waals surface area contributed by atoms with Gasteiger partial charge >= 0.3 is 0 Å². The highest BCUT2D eigenvalue weighted by atomic mass is 16.5. The van der Waals surface area contributed by atoms with Crippen LogP contribution >= 0.6 is 0 Å². The fourth-order valence-electron chi connectivity index (χ4n) is 1.13. The minimum atomic E-state index is 0.936. The van der Waals surface area contributed by atoms with E-state index in [1.54, 1.807) is 5.57 Å². The highest BCUT2D eigenvalue weighted by molar-refractivity contribution is 6.09. The second-order valence-corrected chi connectivity index (χ2v) is 2.38. The molecule has 1 heterocycles. The Kier molecular flexibility index (Phi) is 2.85. The maximum atomic E-state index is 5.21. The number of ether oxygens (including phenoxy) is 1. The summed E-state index contributed by atoms with van der Waals surface area (Å²) in [5, 5.41) is 0. The lowest BCUT2D eigenvalue weighted by molar-refractivity contribution is 0.119. The molecule has 2 heteroatoms. The van der Waals surface area contributed by atoms with Crippen LogP contribution in [0.1, 0.15) is 12.8 Å². The second-order valence-electron chi connectivity index (χ2n) is 2.38. The molecule has 0 bridgehead atoms. The van der Waals surface area contributed by atoms with E-state index in [0.29, 0.717) is 0 Å². The number of hydrogen-bond donors (Lipinski definition) is 0. The van der Waals surface area contributed by atoms with E-state index in [9.17, 15) is 0 Å². The number of allylic oxidation sites excluding steroid dienone is 1. The maximum Gasteiger partial charge on any atom is 0.106 e. The fraction of sp³-hybridized carbons (Fsp3) is 0.714. The van der Waals surface area contributed by atoms with Crippen molar-refractivity contribution in [2.24, 2.45) is 0 Å². The van der Waals surface area contributed by atoms with Crippen LogP contribution in [0.25, 0.3) is 0 Å². The summed E-state index contributed by atoms with van der Waals surface area (Å²) < 4.78 is 5.21. The molecule has 0 aromatic heterocycles. The summed E-state index contributed by atoms with van der Waals surface area (Å²) in [7, 11) is 2.18. The molecule has 0 amide bonds. The van der Waals surface area contributed by atoms with Gasteiger partial charge in [0.2, 0.25) is 0 Å². The Morgan fingerprint density at radius 2 is 2.11 bits per heavy atom. The molecule has 0 unspecified atom stereocenters. The topological polar surface area (TPSA) is 9.23 Å². The van der Waals surface area contributed by atoms with Crippen molar-refractivity contribution < 1.29 is 4.74 Å². The Hall–Kier alpha value is -0.235. The lowest BCUT2D eigenvalue weighted by Gasteiger charge is -2.13. The lowest BCUT2D eigenvalue weighted by atomic mass is 9.99. The summed E-state index contributed by atoms with van der Waals surface area (Å²) in [5.74, 6) is 0. The van der Waals surface area contributed by atoms with E-state index in [-0.39, 0.29) is 0 Å². The minimum Gasteiger partial charge on any atom is -0.381 e. The van der Waals surface area contributed by atoms with Crippen molar-refractivity contribution in [1.82, 2.24) is 0 Å². The summed E-state index contributed by atoms with van der Waals surface area (Å²) >= 11 is 0. The van der Waals surface area contributed by atoms with Gasteiger partial charge in [-0.25, -0.2) is 0 Å². The Bertz CT molecular complexity index is 101. The third-order valence-corrected chi connectivity index (χ3v) is 1.63. The van der Waals surface area contributed by atoms with Gasteiger partial charge in [-0.05, 0) is 12.8 Å². The Morgan fingerprint density at radius 1 is 1.44 bits per heavy atom. The first-order valence-electron chi connectivity index (χ1n) is 3.69. The molecule has 0 aromatic rings. The van der Waals surface area contributed by atoms with Gasteiger partial charge in [0.15, 0.2) is 0 Å². The van der Waals surface area contributed by atoms with Crippen LogP contribution in [-0.2, 0) is 4.74 Å². The van der Waals surface area contributed by atoms with Gasteiger partial charge in [-0.1, -0.05) is 18.0 Å². The molecule has 9 heavy (non-hydrogen) atoms. The van der Waals surface area contributed by atoms with Gasteiger partial charge < -0.3 is 4.74 Å². The van der Waals surface area contributed by atoms with Crippen LogP contribution in [0.2, 0.25) is 6.32 Å². The van der Waals surface area contributed by atoms with Gasteiger partial charge in [0.25, 0.3) is 0 Å². The summed E-state index contributed by atoms with van der Waals surface area (Å²) in [6.07, 6.45) is 5.82. The molecule has 0 N–H and O–H groups in total. The Labute approximate surface area is 57.5 Å². The molecule has 1 aliphatic heterocycles.